The molecule has 2 rings (SSSR count). The second-order valence-electron chi connectivity index (χ2n) is 3.57. The lowest BCUT2D eigenvalue weighted by atomic mass is 10.1. The van der Waals surface area contributed by atoms with Gasteiger partial charge in [0.05, 0.1) is 5.52 Å². The normalized spacial score (nSPS) is 10.6. The summed E-state index contributed by atoms with van der Waals surface area (Å²) in [5.74, 6) is -1.06. The van der Waals surface area contributed by atoms with E-state index in [1.807, 2.05) is 25.1 Å². The third-order valence-electron chi connectivity index (χ3n) is 2.56. The van der Waals surface area contributed by atoms with Crippen LogP contribution in [0.5, 0.6) is 0 Å². The Balaban J connectivity index is 2.82. The molecule has 0 unspecified atom stereocenters. The van der Waals surface area contributed by atoms with Gasteiger partial charge in [0.1, 0.15) is 0 Å². The molecule has 0 fully saturated rings. The van der Waals surface area contributed by atoms with Gasteiger partial charge >= 0.3 is 5.97 Å². The zero-order valence-corrected chi connectivity index (χ0v) is 8.90. The van der Waals surface area contributed by atoms with E-state index in [0.717, 1.165) is 17.4 Å². The summed E-state index contributed by atoms with van der Waals surface area (Å²) in [4.78, 5) is 15.0. The van der Waals surface area contributed by atoms with Crippen LogP contribution in [0.15, 0.2) is 24.3 Å². The maximum Gasteiger partial charge on any atom is 0.354 e. The summed E-state index contributed by atoms with van der Waals surface area (Å²) in [7, 11) is 0. The zero-order chi connectivity index (χ0) is 11.7. The minimum atomic E-state index is -1.06. The van der Waals surface area contributed by atoms with Gasteiger partial charge in [-0.25, -0.2) is 9.78 Å². The Morgan fingerprint density at radius 2 is 2.25 bits per heavy atom. The number of anilines is 1. The van der Waals surface area contributed by atoms with Gasteiger partial charge in [-0.3, -0.25) is 0 Å². The van der Waals surface area contributed by atoms with Crippen molar-refractivity contribution in [2.75, 3.05) is 5.73 Å². The summed E-state index contributed by atoms with van der Waals surface area (Å²) >= 11 is 0. The maximum atomic E-state index is 10.9. The Morgan fingerprint density at radius 3 is 2.88 bits per heavy atom. The van der Waals surface area contributed by atoms with E-state index in [-0.39, 0.29) is 5.69 Å². The van der Waals surface area contributed by atoms with Crippen molar-refractivity contribution < 1.29 is 9.90 Å². The first kappa shape index (κ1) is 10.4. The van der Waals surface area contributed by atoms with E-state index in [1.165, 1.54) is 6.07 Å². The van der Waals surface area contributed by atoms with Crippen molar-refractivity contribution in [1.82, 2.24) is 4.98 Å². The molecule has 1 aromatic carbocycles. The summed E-state index contributed by atoms with van der Waals surface area (Å²) < 4.78 is 0. The molecule has 2 aromatic rings. The lowest BCUT2D eigenvalue weighted by molar-refractivity contribution is 0.0691. The van der Waals surface area contributed by atoms with E-state index in [9.17, 15) is 4.79 Å². The third-order valence-corrected chi connectivity index (χ3v) is 2.56. The van der Waals surface area contributed by atoms with Crippen molar-refractivity contribution in [2.24, 2.45) is 0 Å². The highest BCUT2D eigenvalue weighted by Crippen LogP contribution is 2.23. The van der Waals surface area contributed by atoms with Crippen LogP contribution in [0.3, 0.4) is 0 Å². The van der Waals surface area contributed by atoms with Crippen LogP contribution in [0.25, 0.3) is 10.9 Å². The number of rotatable bonds is 2. The molecule has 82 valence electrons. The van der Waals surface area contributed by atoms with Crippen LogP contribution >= 0.6 is 0 Å². The molecule has 0 atom stereocenters. The van der Waals surface area contributed by atoms with Gasteiger partial charge < -0.3 is 10.8 Å². The molecule has 16 heavy (non-hydrogen) atoms. The van der Waals surface area contributed by atoms with Crippen molar-refractivity contribution in [1.29, 1.82) is 0 Å². The summed E-state index contributed by atoms with van der Waals surface area (Å²) in [5, 5.41) is 9.72. The van der Waals surface area contributed by atoms with Crippen molar-refractivity contribution in [3.8, 4) is 0 Å². The Hall–Kier alpha value is -2.10. The lowest BCUT2D eigenvalue weighted by Gasteiger charge is -2.07. The zero-order valence-electron chi connectivity index (χ0n) is 8.90. The average Bonchev–Trinajstić information content (AvgIpc) is 2.28. The Bertz CT molecular complexity index is 564. The minimum absolute atomic E-state index is 0.00843. The Labute approximate surface area is 92.7 Å². The van der Waals surface area contributed by atoms with E-state index in [2.05, 4.69) is 4.98 Å². The maximum absolute atomic E-state index is 10.9. The van der Waals surface area contributed by atoms with Crippen LogP contribution in [0.2, 0.25) is 0 Å². The molecule has 0 saturated carbocycles. The molecular weight excluding hydrogens is 204 g/mol. The molecule has 1 aromatic heterocycles. The summed E-state index contributed by atoms with van der Waals surface area (Å²) in [6.07, 6.45) is 0.798. The van der Waals surface area contributed by atoms with Crippen LogP contribution in [-0.4, -0.2) is 16.1 Å². The van der Waals surface area contributed by atoms with Gasteiger partial charge in [0.25, 0.3) is 0 Å². The molecule has 3 N–H and O–H groups in total. The van der Waals surface area contributed by atoms with Crippen molar-refractivity contribution >= 4 is 22.6 Å². The van der Waals surface area contributed by atoms with Crippen LogP contribution in [0, 0.1) is 0 Å². The largest absolute Gasteiger partial charge is 0.477 e. The van der Waals surface area contributed by atoms with Crippen LogP contribution < -0.4 is 5.73 Å². The number of carboxylic acids is 1. The van der Waals surface area contributed by atoms with E-state index in [0.29, 0.717) is 11.2 Å². The Morgan fingerprint density at radius 1 is 1.50 bits per heavy atom. The number of nitrogen functional groups attached to an aromatic ring is 1. The first-order valence-corrected chi connectivity index (χ1v) is 5.05. The summed E-state index contributed by atoms with van der Waals surface area (Å²) in [6.45, 7) is 2.00. The highest BCUT2D eigenvalue weighted by atomic mass is 16.4. The Kier molecular flexibility index (Phi) is 2.48. The number of pyridine rings is 1. The molecule has 0 aliphatic rings. The molecule has 0 radical (unpaired) electrons. The van der Waals surface area contributed by atoms with Gasteiger partial charge in [0, 0.05) is 11.1 Å². The van der Waals surface area contributed by atoms with Crippen LogP contribution in [0.4, 0.5) is 5.69 Å². The molecule has 0 aliphatic heterocycles. The van der Waals surface area contributed by atoms with Crippen molar-refractivity contribution in [2.45, 2.75) is 13.3 Å². The molecule has 0 saturated heterocycles. The minimum Gasteiger partial charge on any atom is -0.477 e. The number of benzene rings is 1. The molecule has 4 heteroatoms. The number of aromatic nitrogens is 1. The van der Waals surface area contributed by atoms with E-state index in [4.69, 9.17) is 10.8 Å². The molecule has 1 heterocycles. The first-order chi connectivity index (χ1) is 7.63. The second-order valence-corrected chi connectivity index (χ2v) is 3.57. The number of hydrogen-bond acceptors (Lipinski definition) is 3. The number of aromatic carboxylic acids is 1. The van der Waals surface area contributed by atoms with E-state index < -0.39 is 5.97 Å². The third kappa shape index (κ3) is 1.58. The van der Waals surface area contributed by atoms with Gasteiger partial charge in [-0.05, 0) is 18.1 Å². The topological polar surface area (TPSA) is 76.2 Å². The number of nitrogens with zero attached hydrogens (tertiary/aromatic N) is 1. The van der Waals surface area contributed by atoms with Gasteiger partial charge in [-0.1, -0.05) is 25.1 Å². The molecule has 0 aliphatic carbocycles. The molecule has 0 bridgehead atoms. The van der Waals surface area contributed by atoms with E-state index in [1.54, 1.807) is 0 Å². The fraction of sp³-hybridized carbons (Fsp3) is 0.167. The fourth-order valence-corrected chi connectivity index (χ4v) is 1.73. The van der Waals surface area contributed by atoms with Crippen molar-refractivity contribution in [3.63, 3.8) is 0 Å². The SMILES string of the molecule is CCc1cccc2c(N)cc(C(=O)O)nc12. The highest BCUT2D eigenvalue weighted by molar-refractivity contribution is 5.97. The highest BCUT2D eigenvalue weighted by Gasteiger charge is 2.10. The second kappa shape index (κ2) is 3.81. The number of nitrogens with two attached hydrogens (primary N) is 1. The summed E-state index contributed by atoms with van der Waals surface area (Å²) in [5.41, 5.74) is 7.95. The number of carbonyl (C=O) groups is 1. The number of carboxylic acid groups (broad SMARTS) is 1. The van der Waals surface area contributed by atoms with Crippen LogP contribution in [-0.2, 0) is 6.42 Å². The number of aryl methyl sites for hydroxylation is 1. The van der Waals surface area contributed by atoms with Gasteiger partial charge in [0.2, 0.25) is 0 Å². The molecule has 0 amide bonds. The molecule has 4 nitrogen and oxygen atoms in total. The van der Waals surface area contributed by atoms with Gasteiger partial charge in [-0.15, -0.1) is 0 Å². The van der Waals surface area contributed by atoms with Gasteiger partial charge in [-0.2, -0.15) is 0 Å². The summed E-state index contributed by atoms with van der Waals surface area (Å²) in [6, 6.07) is 7.08. The lowest BCUT2D eigenvalue weighted by Crippen LogP contribution is -2.03. The molecular formula is C12H12N2O2. The predicted octanol–water partition coefficient (Wildman–Crippen LogP) is 2.08. The monoisotopic (exact) mass is 216 g/mol. The van der Waals surface area contributed by atoms with Crippen LogP contribution in [0.1, 0.15) is 23.0 Å². The van der Waals surface area contributed by atoms with E-state index >= 15 is 0 Å². The first-order valence-electron chi connectivity index (χ1n) is 5.05. The standard InChI is InChI=1S/C12H12N2O2/c1-2-7-4-3-5-8-9(13)6-10(12(15)16)14-11(7)8/h3-6H,2H2,1H3,(H2,13,14)(H,15,16). The number of fused-ring (bicyclic) bond motifs is 1. The number of hydrogen-bond donors (Lipinski definition) is 2. The van der Waals surface area contributed by atoms with Crippen molar-refractivity contribution in [3.05, 3.63) is 35.5 Å². The quantitative estimate of drug-likeness (QED) is 0.805. The predicted molar refractivity (Wildman–Crippen MR) is 62.5 cm³/mol. The molecule has 0 spiro atoms. The smallest absolute Gasteiger partial charge is 0.354 e. The number of para-hydroxylation sites is 1. The average molecular weight is 216 g/mol. The van der Waals surface area contributed by atoms with Gasteiger partial charge in [0.15, 0.2) is 5.69 Å². The fourth-order valence-electron chi connectivity index (χ4n) is 1.73.